The number of nitrogens with two attached hydrogens (primary N) is 1. The van der Waals surface area contributed by atoms with Crippen LogP contribution in [0.4, 0.5) is 29.1 Å². The summed E-state index contributed by atoms with van der Waals surface area (Å²) in [7, 11) is 6.96. The van der Waals surface area contributed by atoms with Crippen molar-refractivity contribution in [3.05, 3.63) is 72.2 Å². The monoisotopic (exact) mass is 705 g/mol. The number of fused-ring (bicyclic) bond motifs is 1. The molecular weight excluding hydrogens is 670 g/mol. The lowest BCUT2D eigenvalue weighted by molar-refractivity contribution is -0.124. The van der Waals surface area contributed by atoms with Crippen LogP contribution >= 0.6 is 0 Å². The number of likely N-dealkylation sites (tertiary alicyclic amines) is 1. The summed E-state index contributed by atoms with van der Waals surface area (Å²) in [4.78, 5) is 45.8. The Balaban J connectivity index is 1.67. The zero-order valence-electron chi connectivity index (χ0n) is 28.2. The van der Waals surface area contributed by atoms with E-state index in [9.17, 15) is 31.9 Å². The normalized spacial score (nSPS) is 14.3. The highest BCUT2D eigenvalue weighted by Gasteiger charge is 2.30. The Morgan fingerprint density at radius 1 is 1.14 bits per heavy atom. The van der Waals surface area contributed by atoms with Gasteiger partial charge in [-0.15, -0.1) is 0 Å². The topological polar surface area (TPSA) is 135 Å². The number of amides is 3. The molecule has 266 valence electrons. The van der Waals surface area contributed by atoms with Crippen LogP contribution in [-0.4, -0.2) is 90.1 Å². The number of aromatic nitrogens is 2. The Morgan fingerprint density at radius 3 is 2.43 bits per heavy atom. The van der Waals surface area contributed by atoms with Crippen molar-refractivity contribution in [2.24, 2.45) is 7.05 Å². The molecule has 0 radical (unpaired) electrons. The lowest BCUT2D eigenvalue weighted by Gasteiger charge is -2.18. The second-order valence-corrected chi connectivity index (χ2v) is 12.1. The van der Waals surface area contributed by atoms with E-state index in [0.717, 1.165) is 6.42 Å². The van der Waals surface area contributed by atoms with Gasteiger partial charge in [0.2, 0.25) is 0 Å². The van der Waals surface area contributed by atoms with Gasteiger partial charge in [-0.05, 0) is 55.9 Å². The number of likely N-dealkylation sites (N-methyl/N-ethyl adjacent to an activating group) is 1. The van der Waals surface area contributed by atoms with Crippen LogP contribution in [0.5, 0.6) is 5.75 Å². The maximum Gasteiger partial charge on any atom is 0.405 e. The molecule has 0 bridgehead atoms. The molecule has 1 atom stereocenters. The molecule has 0 unspecified atom stereocenters. The Hall–Kier alpha value is -5.88. The highest BCUT2D eigenvalue weighted by molar-refractivity contribution is 6.12. The van der Waals surface area contributed by atoms with Gasteiger partial charge in [-0.3, -0.25) is 14.4 Å². The van der Waals surface area contributed by atoms with Crippen LogP contribution in [0.15, 0.2) is 61.1 Å². The summed E-state index contributed by atoms with van der Waals surface area (Å²) in [5, 5.41) is 4.70. The molecule has 0 spiro atoms. The third-order valence-corrected chi connectivity index (χ3v) is 8.57. The number of rotatable bonds is 8. The number of pyridine rings is 1. The number of ether oxygens (including phenoxy) is 1. The van der Waals surface area contributed by atoms with Gasteiger partial charge >= 0.3 is 6.18 Å². The van der Waals surface area contributed by atoms with E-state index in [0.29, 0.717) is 57.6 Å². The molecule has 11 nitrogen and oxygen atoms in total. The van der Waals surface area contributed by atoms with Gasteiger partial charge in [-0.1, -0.05) is 30.7 Å². The number of carbonyl (C=O) groups excluding carboxylic acids is 3. The highest BCUT2D eigenvalue weighted by atomic mass is 19.4. The van der Waals surface area contributed by atoms with E-state index in [1.807, 2.05) is 24.0 Å². The minimum absolute atomic E-state index is 0.00523. The number of anilines is 2. The van der Waals surface area contributed by atoms with Gasteiger partial charge in [0, 0.05) is 49.5 Å². The average Bonchev–Trinajstić information content (AvgIpc) is 3.71. The van der Waals surface area contributed by atoms with E-state index >= 15 is 0 Å². The highest BCUT2D eigenvalue weighted by Crippen LogP contribution is 2.44. The van der Waals surface area contributed by atoms with Crippen LogP contribution in [0.3, 0.4) is 0 Å². The van der Waals surface area contributed by atoms with Gasteiger partial charge in [-0.2, -0.15) is 13.2 Å². The summed E-state index contributed by atoms with van der Waals surface area (Å²) in [6, 6.07) is 11.1. The minimum atomic E-state index is -4.61. The number of nitrogen functional groups attached to an aromatic ring is 1. The summed E-state index contributed by atoms with van der Waals surface area (Å²) in [5.74, 6) is 2.36. The molecule has 5 rings (SSSR count). The molecular formula is C36H35F4N7O4. The summed E-state index contributed by atoms with van der Waals surface area (Å²) >= 11 is 0. The van der Waals surface area contributed by atoms with Crippen LogP contribution in [-0.2, 0) is 16.6 Å². The molecule has 0 saturated carbocycles. The van der Waals surface area contributed by atoms with Gasteiger partial charge in [0.15, 0.2) is 5.83 Å². The minimum Gasteiger partial charge on any atom is -0.496 e. The van der Waals surface area contributed by atoms with Crippen molar-refractivity contribution < 1.29 is 36.7 Å². The number of carbonyl (C=O) groups is 3. The van der Waals surface area contributed by atoms with E-state index in [-0.39, 0.29) is 29.1 Å². The summed E-state index contributed by atoms with van der Waals surface area (Å²) in [6.45, 7) is 2.60. The smallest absolute Gasteiger partial charge is 0.405 e. The van der Waals surface area contributed by atoms with Crippen molar-refractivity contribution >= 4 is 40.1 Å². The lowest BCUT2D eigenvalue weighted by Crippen LogP contribution is -2.33. The first kappa shape index (κ1) is 36.4. The number of benzene rings is 2. The number of alkyl halides is 3. The molecule has 4 N–H and O–H groups in total. The summed E-state index contributed by atoms with van der Waals surface area (Å²) in [5.41, 5.74) is 9.75. The molecule has 2 aromatic heterocycles. The van der Waals surface area contributed by atoms with Gasteiger partial charge in [-0.25, -0.2) is 9.37 Å². The molecule has 15 heteroatoms. The van der Waals surface area contributed by atoms with Crippen LogP contribution < -0.4 is 21.1 Å². The molecule has 0 aliphatic carbocycles. The first-order valence-electron chi connectivity index (χ1n) is 15.6. The first-order valence-corrected chi connectivity index (χ1v) is 15.6. The number of nitrogens with zero attached hydrogens (tertiary/aromatic N) is 4. The van der Waals surface area contributed by atoms with Crippen molar-refractivity contribution in [1.29, 1.82) is 0 Å². The Labute approximate surface area is 291 Å². The maximum atomic E-state index is 13.3. The number of halogens is 4. The second kappa shape index (κ2) is 14.5. The SMILES string of the molecule is C=C(F)C(=O)Nc1ccc(-c2c(-c3ccc(C(=O)NCC(F)(F)F)c(OC)c3)c3c(N)ncc(C#CC(=O)N4CC[C@@H](N(C)C)C4)c3n2C)cc1. The van der Waals surface area contributed by atoms with E-state index < -0.39 is 30.4 Å². The first-order chi connectivity index (χ1) is 24.1. The number of methoxy groups -OCH3 is 1. The van der Waals surface area contributed by atoms with Crippen molar-refractivity contribution in [3.63, 3.8) is 0 Å². The lowest BCUT2D eigenvalue weighted by atomic mass is 9.96. The average molecular weight is 706 g/mol. The van der Waals surface area contributed by atoms with Crippen LogP contribution in [0, 0.1) is 11.8 Å². The van der Waals surface area contributed by atoms with Crippen molar-refractivity contribution in [3.8, 4) is 40.0 Å². The van der Waals surface area contributed by atoms with E-state index in [1.165, 1.54) is 25.4 Å². The molecule has 1 fully saturated rings. The largest absolute Gasteiger partial charge is 0.496 e. The zero-order valence-corrected chi connectivity index (χ0v) is 28.2. The maximum absolute atomic E-state index is 13.3. The molecule has 1 aliphatic rings. The van der Waals surface area contributed by atoms with Crippen molar-refractivity contribution in [1.82, 2.24) is 24.7 Å². The van der Waals surface area contributed by atoms with Crippen LogP contribution in [0.1, 0.15) is 22.3 Å². The van der Waals surface area contributed by atoms with Gasteiger partial charge < -0.3 is 35.5 Å². The fraction of sp³-hybridized carbons (Fsp3) is 0.278. The molecule has 1 aliphatic heterocycles. The molecule has 1 saturated heterocycles. The third-order valence-electron chi connectivity index (χ3n) is 8.57. The van der Waals surface area contributed by atoms with E-state index in [1.54, 1.807) is 42.3 Å². The van der Waals surface area contributed by atoms with Gasteiger partial charge in [0.1, 0.15) is 18.1 Å². The summed E-state index contributed by atoms with van der Waals surface area (Å²) in [6.07, 6.45) is -2.32. The van der Waals surface area contributed by atoms with Crippen LogP contribution in [0.25, 0.3) is 33.3 Å². The third kappa shape index (κ3) is 7.81. The Morgan fingerprint density at radius 2 is 1.82 bits per heavy atom. The number of aryl methyl sites for hydroxylation is 1. The predicted octanol–water partition coefficient (Wildman–Crippen LogP) is 4.73. The number of hydrogen-bond acceptors (Lipinski definition) is 7. The predicted molar refractivity (Wildman–Crippen MR) is 185 cm³/mol. The standard InChI is InChI=1S/C36H35F4N7O4/c1-20(37)34(49)44-24-10-6-21(7-11-24)31-29(22-8-12-26(27(16-22)51-5)35(50)43-19-36(38,39)40)30-32(46(31)4)23(17-42-33(30)41)9-13-28(48)47-15-14-25(18-47)45(2)3/h6-8,10-12,16-17,25H,1,14-15,18-19H2,2-5H3,(H2,41,42)(H,43,50)(H,44,49)/t25-/m1/s1. The molecule has 2 aromatic carbocycles. The number of nitrogens with one attached hydrogen (secondary N) is 2. The fourth-order valence-corrected chi connectivity index (χ4v) is 5.99. The molecule has 3 amide bonds. The van der Waals surface area contributed by atoms with Crippen molar-refractivity contribution in [2.45, 2.75) is 18.6 Å². The fourth-order valence-electron chi connectivity index (χ4n) is 5.99. The van der Waals surface area contributed by atoms with Crippen LogP contribution in [0.2, 0.25) is 0 Å². The van der Waals surface area contributed by atoms with Gasteiger partial charge in [0.25, 0.3) is 17.7 Å². The zero-order chi connectivity index (χ0) is 37.2. The van der Waals surface area contributed by atoms with Gasteiger partial charge in [0.05, 0.1) is 34.8 Å². The quantitative estimate of drug-likeness (QED) is 0.137. The molecule has 3 heterocycles. The Kier molecular flexibility index (Phi) is 10.4. The van der Waals surface area contributed by atoms with E-state index in [4.69, 9.17) is 10.5 Å². The Bertz CT molecular complexity index is 2100. The molecule has 51 heavy (non-hydrogen) atoms. The molecule has 4 aromatic rings. The van der Waals surface area contributed by atoms with Crippen molar-refractivity contribution in [2.75, 3.05) is 51.9 Å². The number of hydrogen-bond donors (Lipinski definition) is 3. The van der Waals surface area contributed by atoms with E-state index in [2.05, 4.69) is 33.6 Å². The summed E-state index contributed by atoms with van der Waals surface area (Å²) < 4.78 is 59.1. The second-order valence-electron chi connectivity index (χ2n) is 12.1.